The maximum Gasteiger partial charge on any atom is 0.233 e. The normalized spacial score (nSPS) is 20.6. The van der Waals surface area contributed by atoms with Crippen molar-refractivity contribution in [2.75, 3.05) is 18.0 Å². The standard InChI is InChI=1S/C12H18N4OS2/c1-8(10(17)13-9-4-5-9)18-12-15-14-11(19-12)16-6-2-3-7-16/h8-9H,2-7H2,1H3,(H,13,17)/t8-/m0/s1. The molecule has 104 valence electrons. The van der Waals surface area contributed by atoms with Crippen LogP contribution in [0.3, 0.4) is 0 Å². The molecule has 0 aromatic carbocycles. The predicted molar refractivity (Wildman–Crippen MR) is 77.8 cm³/mol. The van der Waals surface area contributed by atoms with Gasteiger partial charge in [-0.25, -0.2) is 0 Å². The second kappa shape index (κ2) is 5.66. The van der Waals surface area contributed by atoms with Crippen LogP contribution in [0.2, 0.25) is 0 Å². The molecule has 19 heavy (non-hydrogen) atoms. The van der Waals surface area contributed by atoms with Crippen LogP contribution in [0.1, 0.15) is 32.6 Å². The number of nitrogens with one attached hydrogen (secondary N) is 1. The monoisotopic (exact) mass is 298 g/mol. The van der Waals surface area contributed by atoms with E-state index in [1.165, 1.54) is 24.6 Å². The maximum absolute atomic E-state index is 11.9. The summed E-state index contributed by atoms with van der Waals surface area (Å²) in [7, 11) is 0. The Labute approximate surface area is 121 Å². The van der Waals surface area contributed by atoms with E-state index in [9.17, 15) is 4.79 Å². The van der Waals surface area contributed by atoms with Crippen molar-refractivity contribution in [3.05, 3.63) is 0 Å². The summed E-state index contributed by atoms with van der Waals surface area (Å²) >= 11 is 3.10. The summed E-state index contributed by atoms with van der Waals surface area (Å²) in [5, 5.41) is 12.3. The summed E-state index contributed by atoms with van der Waals surface area (Å²) in [6.07, 6.45) is 4.73. The Kier molecular flexibility index (Phi) is 3.93. The Morgan fingerprint density at radius 3 is 2.84 bits per heavy atom. The summed E-state index contributed by atoms with van der Waals surface area (Å²) < 4.78 is 0.889. The van der Waals surface area contributed by atoms with E-state index in [1.54, 1.807) is 11.3 Å². The molecule has 3 rings (SSSR count). The highest BCUT2D eigenvalue weighted by Crippen LogP contribution is 2.32. The number of amides is 1. The number of carbonyl (C=O) groups is 1. The van der Waals surface area contributed by atoms with Crippen LogP contribution in [0.25, 0.3) is 0 Å². The average molecular weight is 298 g/mol. The Morgan fingerprint density at radius 2 is 2.16 bits per heavy atom. The molecule has 7 heteroatoms. The molecule has 2 aliphatic rings. The molecule has 0 bridgehead atoms. The van der Waals surface area contributed by atoms with Gasteiger partial charge in [0.25, 0.3) is 0 Å². The summed E-state index contributed by atoms with van der Waals surface area (Å²) in [4.78, 5) is 14.1. The van der Waals surface area contributed by atoms with Crippen LogP contribution in [0, 0.1) is 0 Å². The number of carbonyl (C=O) groups excluding carboxylic acids is 1. The molecule has 1 aliphatic heterocycles. The topological polar surface area (TPSA) is 58.1 Å². The number of nitrogens with zero attached hydrogens (tertiary/aromatic N) is 3. The van der Waals surface area contributed by atoms with Gasteiger partial charge in [-0.15, -0.1) is 10.2 Å². The molecule has 1 N–H and O–H groups in total. The van der Waals surface area contributed by atoms with Gasteiger partial charge in [0, 0.05) is 19.1 Å². The summed E-state index contributed by atoms with van der Waals surface area (Å²) in [6, 6.07) is 0.421. The van der Waals surface area contributed by atoms with E-state index in [2.05, 4.69) is 20.4 Å². The highest BCUT2D eigenvalue weighted by Gasteiger charge is 2.27. The van der Waals surface area contributed by atoms with Gasteiger partial charge in [-0.2, -0.15) is 0 Å². The Bertz CT molecular complexity index is 454. The molecular weight excluding hydrogens is 280 g/mol. The van der Waals surface area contributed by atoms with Crippen LogP contribution < -0.4 is 10.2 Å². The van der Waals surface area contributed by atoms with Gasteiger partial charge in [0.1, 0.15) is 0 Å². The van der Waals surface area contributed by atoms with Gasteiger partial charge in [-0.1, -0.05) is 23.1 Å². The third-order valence-corrected chi connectivity index (χ3v) is 5.51. The summed E-state index contributed by atoms with van der Waals surface area (Å²) in [5.74, 6) is 0.116. The number of thioether (sulfide) groups is 1. The van der Waals surface area contributed by atoms with Crippen molar-refractivity contribution in [3.63, 3.8) is 0 Å². The second-order valence-electron chi connectivity index (χ2n) is 5.09. The molecule has 1 amide bonds. The van der Waals surface area contributed by atoms with Crippen LogP contribution in [-0.2, 0) is 4.79 Å². The van der Waals surface area contributed by atoms with Crippen molar-refractivity contribution in [3.8, 4) is 0 Å². The molecule has 1 aromatic rings. The first-order chi connectivity index (χ1) is 9.22. The first kappa shape index (κ1) is 13.2. The van der Waals surface area contributed by atoms with Gasteiger partial charge in [-0.05, 0) is 32.6 Å². The second-order valence-corrected chi connectivity index (χ2v) is 7.63. The molecule has 0 spiro atoms. The van der Waals surface area contributed by atoms with Crippen LogP contribution in [0.5, 0.6) is 0 Å². The summed E-state index contributed by atoms with van der Waals surface area (Å²) in [5.41, 5.74) is 0. The van der Waals surface area contributed by atoms with Crippen LogP contribution in [0.15, 0.2) is 4.34 Å². The Hall–Kier alpha value is -0.820. The fraction of sp³-hybridized carbons (Fsp3) is 0.750. The lowest BCUT2D eigenvalue weighted by Crippen LogP contribution is -2.32. The van der Waals surface area contributed by atoms with E-state index < -0.39 is 0 Å². The smallest absolute Gasteiger partial charge is 0.233 e. The van der Waals surface area contributed by atoms with E-state index in [4.69, 9.17) is 0 Å². The minimum atomic E-state index is -0.0972. The molecular formula is C12H18N4OS2. The molecule has 1 saturated carbocycles. The Morgan fingerprint density at radius 1 is 1.42 bits per heavy atom. The van der Waals surface area contributed by atoms with Crippen molar-refractivity contribution >= 4 is 34.1 Å². The van der Waals surface area contributed by atoms with Gasteiger partial charge in [-0.3, -0.25) is 4.79 Å². The minimum absolute atomic E-state index is 0.0972. The third-order valence-electron chi connectivity index (χ3n) is 3.34. The number of hydrogen-bond acceptors (Lipinski definition) is 6. The SMILES string of the molecule is C[C@H](Sc1nnc(N2CCCC2)s1)C(=O)NC1CC1. The van der Waals surface area contributed by atoms with Crippen LogP contribution in [0.4, 0.5) is 5.13 Å². The van der Waals surface area contributed by atoms with E-state index in [1.807, 2.05) is 6.92 Å². The van der Waals surface area contributed by atoms with Crippen molar-refractivity contribution in [2.24, 2.45) is 0 Å². The molecule has 0 radical (unpaired) electrons. The largest absolute Gasteiger partial charge is 0.352 e. The number of aromatic nitrogens is 2. The Balaban J connectivity index is 1.54. The van der Waals surface area contributed by atoms with E-state index in [0.29, 0.717) is 6.04 Å². The number of anilines is 1. The lowest BCUT2D eigenvalue weighted by molar-refractivity contribution is -0.120. The molecule has 5 nitrogen and oxygen atoms in total. The lowest BCUT2D eigenvalue weighted by Gasteiger charge is -2.11. The zero-order chi connectivity index (χ0) is 13.2. The van der Waals surface area contributed by atoms with Crippen molar-refractivity contribution in [1.29, 1.82) is 0 Å². The fourth-order valence-electron chi connectivity index (χ4n) is 2.04. The number of hydrogen-bond donors (Lipinski definition) is 1. The molecule has 1 aromatic heterocycles. The quantitative estimate of drug-likeness (QED) is 0.841. The molecule has 0 unspecified atom stereocenters. The highest BCUT2D eigenvalue weighted by molar-refractivity contribution is 8.02. The van der Waals surface area contributed by atoms with Crippen molar-refractivity contribution < 1.29 is 4.79 Å². The van der Waals surface area contributed by atoms with Crippen molar-refractivity contribution in [1.82, 2.24) is 15.5 Å². The van der Waals surface area contributed by atoms with Gasteiger partial charge >= 0.3 is 0 Å². The van der Waals surface area contributed by atoms with Crippen molar-refractivity contribution in [2.45, 2.75) is 48.2 Å². The van der Waals surface area contributed by atoms with Crippen LogP contribution >= 0.6 is 23.1 Å². The lowest BCUT2D eigenvalue weighted by atomic mass is 10.4. The highest BCUT2D eigenvalue weighted by atomic mass is 32.2. The predicted octanol–water partition coefficient (Wildman–Crippen LogP) is 1.90. The van der Waals surface area contributed by atoms with E-state index in [-0.39, 0.29) is 11.2 Å². The zero-order valence-electron chi connectivity index (χ0n) is 11.0. The molecule has 2 fully saturated rings. The third kappa shape index (κ3) is 3.39. The van der Waals surface area contributed by atoms with Gasteiger partial charge < -0.3 is 10.2 Å². The molecule has 2 heterocycles. The van der Waals surface area contributed by atoms with Crippen LogP contribution in [-0.4, -0.2) is 40.5 Å². The van der Waals surface area contributed by atoms with Gasteiger partial charge in [0.2, 0.25) is 11.0 Å². The molecule has 1 aliphatic carbocycles. The fourth-order valence-corrected chi connectivity index (χ4v) is 4.08. The first-order valence-corrected chi connectivity index (χ1v) is 8.47. The molecule has 1 saturated heterocycles. The van der Waals surface area contributed by atoms with Gasteiger partial charge in [0.05, 0.1) is 5.25 Å². The summed E-state index contributed by atoms with van der Waals surface area (Å²) in [6.45, 7) is 4.09. The number of rotatable bonds is 5. The average Bonchev–Trinajstić information content (AvgIpc) is 2.90. The van der Waals surface area contributed by atoms with E-state index >= 15 is 0 Å². The maximum atomic E-state index is 11.9. The van der Waals surface area contributed by atoms with Gasteiger partial charge in [0.15, 0.2) is 4.34 Å². The molecule has 1 atom stereocenters. The van der Waals surface area contributed by atoms with E-state index in [0.717, 1.165) is 35.4 Å². The first-order valence-electron chi connectivity index (χ1n) is 6.78. The zero-order valence-corrected chi connectivity index (χ0v) is 12.6. The minimum Gasteiger partial charge on any atom is -0.352 e.